The van der Waals surface area contributed by atoms with Crippen molar-refractivity contribution >= 4 is 23.4 Å². The number of carbonyl (C=O) groups excluding carboxylic acids is 1. The van der Waals surface area contributed by atoms with E-state index in [0.29, 0.717) is 23.3 Å². The van der Waals surface area contributed by atoms with Gasteiger partial charge in [0.2, 0.25) is 11.1 Å². The zero-order valence-corrected chi connectivity index (χ0v) is 18.0. The second kappa shape index (κ2) is 8.73. The molecule has 0 radical (unpaired) electrons. The number of hydrogen-bond donors (Lipinski definition) is 2. The average molecular weight is 463 g/mol. The van der Waals surface area contributed by atoms with Gasteiger partial charge in [-0.3, -0.25) is 4.79 Å². The topological polar surface area (TPSA) is 81.1 Å². The standard InChI is InChI=1S/C21H20F3N5O2S/c1-3-31-16-9-7-13(8-10-16)17-18(32-20-27-26-12(2)29(20)28-17)19(30)25-15-6-4-5-14(11-15)21(22,23)24/h4-11,17-18,28H,3H2,1-2H3,(H,25,30)/t17-,18-/m1/s1. The number of nitrogens with zero attached hydrogens (tertiary/aromatic N) is 3. The summed E-state index contributed by atoms with van der Waals surface area (Å²) in [5.41, 5.74) is 3.30. The third-order valence-electron chi connectivity index (χ3n) is 4.86. The van der Waals surface area contributed by atoms with Crippen LogP contribution < -0.4 is 15.5 Å². The van der Waals surface area contributed by atoms with Crippen molar-refractivity contribution < 1.29 is 22.7 Å². The van der Waals surface area contributed by atoms with Crippen LogP contribution >= 0.6 is 11.8 Å². The fourth-order valence-corrected chi connectivity index (χ4v) is 4.46. The molecule has 4 rings (SSSR count). The molecule has 1 aliphatic heterocycles. The van der Waals surface area contributed by atoms with E-state index in [1.165, 1.54) is 23.9 Å². The van der Waals surface area contributed by atoms with Gasteiger partial charge < -0.3 is 15.5 Å². The number of alkyl halides is 3. The van der Waals surface area contributed by atoms with Gasteiger partial charge in [-0.1, -0.05) is 30.0 Å². The quantitative estimate of drug-likeness (QED) is 0.584. The number of aromatic nitrogens is 3. The molecule has 0 saturated heterocycles. The fraction of sp³-hybridized carbons (Fsp3) is 0.286. The Kier molecular flexibility index (Phi) is 6.00. The highest BCUT2D eigenvalue weighted by molar-refractivity contribution is 8.00. The second-order valence-electron chi connectivity index (χ2n) is 7.08. The van der Waals surface area contributed by atoms with Crippen molar-refractivity contribution in [1.82, 2.24) is 14.9 Å². The third kappa shape index (κ3) is 4.52. The molecule has 2 atom stereocenters. The van der Waals surface area contributed by atoms with E-state index in [2.05, 4.69) is 20.9 Å². The molecule has 0 spiro atoms. The van der Waals surface area contributed by atoms with E-state index in [4.69, 9.17) is 4.74 Å². The van der Waals surface area contributed by atoms with Gasteiger partial charge in [-0.05, 0) is 49.7 Å². The first-order valence-electron chi connectivity index (χ1n) is 9.82. The van der Waals surface area contributed by atoms with Crippen molar-refractivity contribution in [3.05, 3.63) is 65.5 Å². The molecule has 2 heterocycles. The van der Waals surface area contributed by atoms with Crippen LogP contribution in [-0.2, 0) is 11.0 Å². The van der Waals surface area contributed by atoms with Crippen LogP contribution in [0.2, 0.25) is 0 Å². The molecule has 7 nitrogen and oxygen atoms in total. The molecule has 0 bridgehead atoms. The molecule has 1 aromatic heterocycles. The minimum Gasteiger partial charge on any atom is -0.494 e. The van der Waals surface area contributed by atoms with Gasteiger partial charge in [-0.25, -0.2) is 4.68 Å². The zero-order valence-electron chi connectivity index (χ0n) is 17.2. The smallest absolute Gasteiger partial charge is 0.416 e. The van der Waals surface area contributed by atoms with E-state index >= 15 is 0 Å². The van der Waals surface area contributed by atoms with Crippen LogP contribution in [-0.4, -0.2) is 32.6 Å². The van der Waals surface area contributed by atoms with Crippen molar-refractivity contribution in [1.29, 1.82) is 0 Å². The van der Waals surface area contributed by atoms with Crippen molar-refractivity contribution in [3.63, 3.8) is 0 Å². The van der Waals surface area contributed by atoms with E-state index in [9.17, 15) is 18.0 Å². The highest BCUT2D eigenvalue weighted by Gasteiger charge is 2.38. The van der Waals surface area contributed by atoms with Crippen LogP contribution in [0.15, 0.2) is 53.7 Å². The summed E-state index contributed by atoms with van der Waals surface area (Å²) in [6.45, 7) is 4.20. The maximum Gasteiger partial charge on any atom is 0.416 e. The minimum atomic E-state index is -4.50. The molecule has 1 amide bonds. The van der Waals surface area contributed by atoms with Gasteiger partial charge in [0.15, 0.2) is 0 Å². The first-order chi connectivity index (χ1) is 15.3. The number of anilines is 1. The van der Waals surface area contributed by atoms with Gasteiger partial charge in [0.1, 0.15) is 16.8 Å². The Balaban J connectivity index is 1.62. The monoisotopic (exact) mass is 463 g/mol. The summed E-state index contributed by atoms with van der Waals surface area (Å²) in [4.78, 5) is 13.2. The summed E-state index contributed by atoms with van der Waals surface area (Å²) in [7, 11) is 0. The lowest BCUT2D eigenvalue weighted by Crippen LogP contribution is -2.41. The zero-order chi connectivity index (χ0) is 22.9. The van der Waals surface area contributed by atoms with E-state index in [0.717, 1.165) is 17.7 Å². The molecule has 0 saturated carbocycles. The van der Waals surface area contributed by atoms with E-state index < -0.39 is 28.9 Å². The molecular weight excluding hydrogens is 443 g/mol. The predicted octanol–water partition coefficient (Wildman–Crippen LogP) is 4.40. The van der Waals surface area contributed by atoms with Crippen LogP contribution in [0.1, 0.15) is 29.9 Å². The largest absolute Gasteiger partial charge is 0.494 e. The SMILES string of the molecule is CCOc1ccc([C@H]2Nn3c(C)nnc3S[C@H]2C(=O)Nc2cccc(C(F)(F)F)c2)cc1. The number of hydrogen-bond acceptors (Lipinski definition) is 6. The Morgan fingerprint density at radius 3 is 2.66 bits per heavy atom. The number of carbonyl (C=O) groups is 1. The van der Waals surface area contributed by atoms with Crippen molar-refractivity contribution in [3.8, 4) is 5.75 Å². The number of aryl methyl sites for hydroxylation is 1. The minimum absolute atomic E-state index is 0.0686. The Bertz CT molecular complexity index is 1120. The van der Waals surface area contributed by atoms with E-state index in [1.807, 2.05) is 31.2 Å². The highest BCUT2D eigenvalue weighted by Crippen LogP contribution is 2.38. The third-order valence-corrected chi connectivity index (χ3v) is 6.08. The Hall–Kier alpha value is -3.21. The lowest BCUT2D eigenvalue weighted by atomic mass is 10.0. The fourth-order valence-electron chi connectivity index (χ4n) is 3.34. The number of ether oxygens (including phenoxy) is 1. The number of rotatable bonds is 5. The van der Waals surface area contributed by atoms with Crippen LogP contribution in [0.4, 0.5) is 18.9 Å². The summed E-state index contributed by atoms with van der Waals surface area (Å²) >= 11 is 1.19. The van der Waals surface area contributed by atoms with Gasteiger partial charge in [0.05, 0.1) is 18.2 Å². The van der Waals surface area contributed by atoms with Gasteiger partial charge in [0.25, 0.3) is 0 Å². The Morgan fingerprint density at radius 1 is 1.22 bits per heavy atom. The second-order valence-corrected chi connectivity index (χ2v) is 8.19. The first kappa shape index (κ1) is 22.0. The number of halogens is 3. The molecule has 2 aromatic carbocycles. The highest BCUT2D eigenvalue weighted by atomic mass is 32.2. The Morgan fingerprint density at radius 2 is 1.97 bits per heavy atom. The summed E-state index contributed by atoms with van der Waals surface area (Å²) in [6, 6.07) is 11.4. The maximum atomic E-state index is 13.2. The van der Waals surface area contributed by atoms with Gasteiger partial charge in [-0.2, -0.15) is 13.2 Å². The number of fused-ring (bicyclic) bond motifs is 1. The van der Waals surface area contributed by atoms with E-state index in [1.54, 1.807) is 11.6 Å². The molecular formula is C21H20F3N5O2S. The summed E-state index contributed by atoms with van der Waals surface area (Å²) in [5.74, 6) is 0.874. The van der Waals surface area contributed by atoms with Crippen LogP contribution in [0.3, 0.4) is 0 Å². The van der Waals surface area contributed by atoms with Crippen LogP contribution in [0.5, 0.6) is 5.75 Å². The summed E-state index contributed by atoms with van der Waals surface area (Å²) < 4.78 is 46.3. The number of benzene rings is 2. The Labute approximate surface area is 186 Å². The number of nitrogens with one attached hydrogen (secondary N) is 2. The molecule has 11 heteroatoms. The molecule has 168 valence electrons. The molecule has 0 unspecified atom stereocenters. The number of amides is 1. The van der Waals surface area contributed by atoms with Crippen LogP contribution in [0, 0.1) is 6.92 Å². The lowest BCUT2D eigenvalue weighted by molar-refractivity contribution is -0.137. The van der Waals surface area contributed by atoms with Crippen LogP contribution in [0.25, 0.3) is 0 Å². The number of thioether (sulfide) groups is 1. The normalized spacial score (nSPS) is 17.9. The van der Waals surface area contributed by atoms with Crippen molar-refractivity contribution in [2.24, 2.45) is 0 Å². The molecule has 0 aliphatic carbocycles. The van der Waals surface area contributed by atoms with Crippen molar-refractivity contribution in [2.75, 3.05) is 17.3 Å². The van der Waals surface area contributed by atoms with E-state index in [-0.39, 0.29) is 5.69 Å². The molecule has 2 N–H and O–H groups in total. The molecule has 1 aliphatic rings. The predicted molar refractivity (Wildman–Crippen MR) is 114 cm³/mol. The maximum absolute atomic E-state index is 13.2. The average Bonchev–Trinajstić information content (AvgIpc) is 3.13. The summed E-state index contributed by atoms with van der Waals surface area (Å²) in [6.07, 6.45) is -4.50. The van der Waals surface area contributed by atoms with Gasteiger partial charge in [0, 0.05) is 5.69 Å². The summed E-state index contributed by atoms with van der Waals surface area (Å²) in [5, 5.41) is 10.5. The molecule has 32 heavy (non-hydrogen) atoms. The first-order valence-corrected chi connectivity index (χ1v) is 10.7. The van der Waals surface area contributed by atoms with Crippen molar-refractivity contribution in [2.45, 2.75) is 36.5 Å². The molecule has 3 aromatic rings. The lowest BCUT2D eigenvalue weighted by Gasteiger charge is -2.32. The van der Waals surface area contributed by atoms with Gasteiger partial charge >= 0.3 is 6.18 Å². The van der Waals surface area contributed by atoms with Gasteiger partial charge in [-0.15, -0.1) is 10.2 Å². The molecule has 0 fully saturated rings.